The van der Waals surface area contributed by atoms with Crippen molar-refractivity contribution in [1.82, 2.24) is 14.5 Å². The van der Waals surface area contributed by atoms with Crippen LogP contribution in [0.3, 0.4) is 0 Å². The lowest BCUT2D eigenvalue weighted by molar-refractivity contribution is 0.0534. The molecule has 0 amide bonds. The largest absolute Gasteiger partial charge is 0.296 e. The highest BCUT2D eigenvalue weighted by Gasteiger charge is 2.50. The van der Waals surface area contributed by atoms with Crippen LogP contribution in [0, 0.1) is 23.6 Å². The van der Waals surface area contributed by atoms with Gasteiger partial charge in [0.15, 0.2) is 0 Å². The SMILES string of the molecule is CCC[C@H]1C(C)CC[C@@]2(C)c3nc(-c4cccc(-c5ccncc5)c4)n(-c4cccc(F)c4)c3CC[C@H]12. The first-order valence-corrected chi connectivity index (χ1v) is 13.9. The van der Waals surface area contributed by atoms with Gasteiger partial charge in [-0.2, -0.15) is 0 Å². The summed E-state index contributed by atoms with van der Waals surface area (Å²) < 4.78 is 16.7. The van der Waals surface area contributed by atoms with Crippen molar-refractivity contribution in [3.63, 3.8) is 0 Å². The summed E-state index contributed by atoms with van der Waals surface area (Å²) in [6, 6.07) is 19.6. The standard InChI is InChI=1S/C33H36FN3/c1-4-7-28-22(2)14-17-33(3)29(28)12-13-30-31(33)36-32(37(30)27-11-6-10-26(34)21-27)25-9-5-8-24(20-25)23-15-18-35-19-16-23/h5-6,8-11,15-16,18-22,28-29H,4,7,12-14,17H2,1-3H3/t22?,28-,29+,33+/m0/s1. The summed E-state index contributed by atoms with van der Waals surface area (Å²) in [4.78, 5) is 9.64. The van der Waals surface area contributed by atoms with Gasteiger partial charge in [0.05, 0.1) is 11.4 Å². The van der Waals surface area contributed by atoms with Gasteiger partial charge in [-0.3, -0.25) is 9.55 Å². The number of nitrogens with zero attached hydrogens (tertiary/aromatic N) is 3. The number of hydrogen-bond donors (Lipinski definition) is 0. The van der Waals surface area contributed by atoms with Gasteiger partial charge in [-0.25, -0.2) is 9.37 Å². The molecule has 0 bridgehead atoms. The van der Waals surface area contributed by atoms with Crippen LogP contribution in [-0.4, -0.2) is 14.5 Å². The zero-order valence-corrected chi connectivity index (χ0v) is 22.1. The molecule has 0 aliphatic heterocycles. The highest BCUT2D eigenvalue weighted by Crippen LogP contribution is 2.55. The molecule has 0 spiro atoms. The van der Waals surface area contributed by atoms with Gasteiger partial charge in [0.2, 0.25) is 0 Å². The molecule has 3 nitrogen and oxygen atoms in total. The molecule has 2 aliphatic rings. The minimum atomic E-state index is -0.217. The molecule has 4 aromatic rings. The second kappa shape index (κ2) is 9.55. The third kappa shape index (κ3) is 4.11. The number of rotatable bonds is 5. The summed E-state index contributed by atoms with van der Waals surface area (Å²) in [5, 5.41) is 0. The van der Waals surface area contributed by atoms with Crippen LogP contribution >= 0.6 is 0 Å². The normalized spacial score (nSPS) is 24.9. The van der Waals surface area contributed by atoms with E-state index in [0.717, 1.165) is 46.5 Å². The molecule has 1 unspecified atom stereocenters. The Morgan fingerprint density at radius 2 is 1.76 bits per heavy atom. The topological polar surface area (TPSA) is 30.7 Å². The average Bonchev–Trinajstić information content (AvgIpc) is 3.32. The fourth-order valence-corrected chi connectivity index (χ4v) is 7.34. The van der Waals surface area contributed by atoms with Crippen LogP contribution in [0.5, 0.6) is 0 Å². The van der Waals surface area contributed by atoms with Crippen LogP contribution in [-0.2, 0) is 11.8 Å². The molecule has 0 N–H and O–H groups in total. The Hall–Kier alpha value is -3.27. The Labute approximate surface area is 219 Å². The quantitative estimate of drug-likeness (QED) is 0.279. The molecule has 1 fully saturated rings. The Balaban J connectivity index is 1.54. The summed E-state index contributed by atoms with van der Waals surface area (Å²) in [6.45, 7) is 7.24. The monoisotopic (exact) mass is 493 g/mol. The van der Waals surface area contributed by atoms with E-state index in [2.05, 4.69) is 54.6 Å². The molecular formula is C33H36FN3. The smallest absolute Gasteiger partial charge is 0.145 e. The van der Waals surface area contributed by atoms with E-state index in [9.17, 15) is 4.39 Å². The fourth-order valence-electron chi connectivity index (χ4n) is 7.34. The third-order valence-corrected chi connectivity index (χ3v) is 9.21. The molecule has 37 heavy (non-hydrogen) atoms. The molecule has 0 saturated heterocycles. The highest BCUT2D eigenvalue weighted by molar-refractivity contribution is 5.71. The first-order valence-electron chi connectivity index (χ1n) is 13.9. The Kier molecular flexibility index (Phi) is 6.22. The van der Waals surface area contributed by atoms with Crippen molar-refractivity contribution < 1.29 is 4.39 Å². The van der Waals surface area contributed by atoms with Crippen LogP contribution in [0.25, 0.3) is 28.2 Å². The maximum atomic E-state index is 14.5. The second-order valence-corrected chi connectivity index (χ2v) is 11.4. The van der Waals surface area contributed by atoms with E-state index in [1.165, 1.54) is 49.6 Å². The number of imidazole rings is 1. The zero-order valence-electron chi connectivity index (χ0n) is 22.1. The van der Waals surface area contributed by atoms with Crippen LogP contribution in [0.1, 0.15) is 64.3 Å². The number of halogens is 1. The third-order valence-electron chi connectivity index (χ3n) is 9.21. The maximum absolute atomic E-state index is 14.5. The summed E-state index contributed by atoms with van der Waals surface area (Å²) >= 11 is 0. The first-order chi connectivity index (χ1) is 18.0. The zero-order chi connectivity index (χ0) is 25.6. The van der Waals surface area contributed by atoms with E-state index >= 15 is 0 Å². The van der Waals surface area contributed by atoms with Crippen molar-refractivity contribution in [2.45, 2.75) is 64.7 Å². The van der Waals surface area contributed by atoms with E-state index in [-0.39, 0.29) is 11.2 Å². The van der Waals surface area contributed by atoms with Crippen molar-refractivity contribution in [2.75, 3.05) is 0 Å². The van der Waals surface area contributed by atoms with E-state index < -0.39 is 0 Å². The van der Waals surface area contributed by atoms with Crippen LogP contribution in [0.2, 0.25) is 0 Å². The molecule has 190 valence electrons. The molecule has 1 saturated carbocycles. The van der Waals surface area contributed by atoms with Crippen LogP contribution in [0.4, 0.5) is 4.39 Å². The van der Waals surface area contributed by atoms with Gasteiger partial charge in [-0.15, -0.1) is 0 Å². The predicted octanol–water partition coefficient (Wildman–Crippen LogP) is 8.41. The lowest BCUT2D eigenvalue weighted by Gasteiger charge is -2.51. The summed E-state index contributed by atoms with van der Waals surface area (Å²) in [7, 11) is 0. The van der Waals surface area contributed by atoms with Crippen molar-refractivity contribution in [2.24, 2.45) is 17.8 Å². The van der Waals surface area contributed by atoms with Crippen molar-refractivity contribution in [1.29, 1.82) is 0 Å². The molecule has 2 aromatic carbocycles. The lowest BCUT2D eigenvalue weighted by Crippen LogP contribution is -2.47. The van der Waals surface area contributed by atoms with Crippen molar-refractivity contribution in [3.8, 4) is 28.2 Å². The minimum absolute atomic E-state index is 0.0516. The Morgan fingerprint density at radius 3 is 2.54 bits per heavy atom. The molecule has 2 aliphatic carbocycles. The maximum Gasteiger partial charge on any atom is 0.145 e. The van der Waals surface area contributed by atoms with Gasteiger partial charge in [-0.1, -0.05) is 57.9 Å². The number of aromatic nitrogens is 3. The fraction of sp³-hybridized carbons (Fsp3) is 0.394. The van der Waals surface area contributed by atoms with Crippen LogP contribution < -0.4 is 0 Å². The van der Waals surface area contributed by atoms with Crippen molar-refractivity contribution >= 4 is 0 Å². The molecule has 2 heterocycles. The van der Waals surface area contributed by atoms with Gasteiger partial charge in [0, 0.05) is 29.1 Å². The van der Waals surface area contributed by atoms with E-state index in [0.29, 0.717) is 5.92 Å². The van der Waals surface area contributed by atoms with Gasteiger partial charge in [0.25, 0.3) is 0 Å². The van der Waals surface area contributed by atoms with Gasteiger partial charge < -0.3 is 0 Å². The van der Waals surface area contributed by atoms with Gasteiger partial charge in [-0.05, 0) is 91.0 Å². The molecule has 6 rings (SSSR count). The van der Waals surface area contributed by atoms with E-state index in [4.69, 9.17) is 4.98 Å². The molecular weight excluding hydrogens is 457 g/mol. The van der Waals surface area contributed by atoms with Crippen LogP contribution in [0.15, 0.2) is 73.1 Å². The lowest BCUT2D eigenvalue weighted by atomic mass is 9.53. The Bertz CT molecular complexity index is 1410. The predicted molar refractivity (Wildman–Crippen MR) is 148 cm³/mol. The van der Waals surface area contributed by atoms with E-state index in [1.54, 1.807) is 12.1 Å². The molecule has 4 heteroatoms. The highest BCUT2D eigenvalue weighted by atomic mass is 19.1. The number of benzene rings is 2. The summed E-state index contributed by atoms with van der Waals surface area (Å²) in [5.74, 6) is 2.86. The number of hydrogen-bond acceptors (Lipinski definition) is 2. The first kappa shape index (κ1) is 24.1. The molecule has 4 atom stereocenters. The molecule has 2 aromatic heterocycles. The van der Waals surface area contributed by atoms with E-state index in [1.807, 2.05) is 30.6 Å². The van der Waals surface area contributed by atoms with Gasteiger partial charge in [0.1, 0.15) is 11.6 Å². The average molecular weight is 494 g/mol. The minimum Gasteiger partial charge on any atom is -0.296 e. The summed E-state index contributed by atoms with van der Waals surface area (Å²) in [5.41, 5.74) is 6.72. The second-order valence-electron chi connectivity index (χ2n) is 11.4. The number of pyridine rings is 1. The van der Waals surface area contributed by atoms with Crippen molar-refractivity contribution in [3.05, 3.63) is 90.3 Å². The number of fused-ring (bicyclic) bond motifs is 3. The Morgan fingerprint density at radius 1 is 0.973 bits per heavy atom. The summed E-state index contributed by atoms with van der Waals surface area (Å²) in [6.07, 6.45) is 10.8. The van der Waals surface area contributed by atoms with Gasteiger partial charge >= 0.3 is 0 Å². The molecule has 0 radical (unpaired) electrons.